The van der Waals surface area contributed by atoms with Gasteiger partial charge in [-0.1, -0.05) is 13.8 Å². The number of aliphatic imine (C=N–C) groups is 2. The van der Waals surface area contributed by atoms with Crippen molar-refractivity contribution in [2.75, 3.05) is 19.6 Å². The SMILES string of the molecule is CC(C)CC(NC(=O)C(N)CCCN=C(N)N)C(=O)NC(CCCCN)C(=O)NC(CCCN=C(N)N)C(=O)O. The summed E-state index contributed by atoms with van der Waals surface area (Å²) in [6, 6.07) is -4.11. The Morgan fingerprint density at radius 3 is 1.68 bits per heavy atom. The Labute approximate surface area is 235 Å². The van der Waals surface area contributed by atoms with E-state index < -0.39 is 47.9 Å². The Balaban J connectivity index is 5.45. The Kier molecular flexibility index (Phi) is 18.4. The first-order chi connectivity index (χ1) is 18.8. The Bertz CT molecular complexity index is 858. The molecule has 4 atom stereocenters. The van der Waals surface area contributed by atoms with Crippen molar-refractivity contribution in [2.24, 2.45) is 50.3 Å². The summed E-state index contributed by atoms with van der Waals surface area (Å²) < 4.78 is 0. The van der Waals surface area contributed by atoms with Crippen LogP contribution in [-0.2, 0) is 19.2 Å². The topological polar surface area (TPSA) is 305 Å². The first kappa shape index (κ1) is 36.3. The number of hydrogen-bond acceptors (Lipinski definition) is 8. The normalized spacial score (nSPS) is 13.8. The lowest BCUT2D eigenvalue weighted by molar-refractivity contribution is -0.142. The predicted molar refractivity (Wildman–Crippen MR) is 154 cm³/mol. The minimum Gasteiger partial charge on any atom is -0.480 e. The third-order valence-corrected chi connectivity index (χ3v) is 5.78. The van der Waals surface area contributed by atoms with E-state index in [1.54, 1.807) is 0 Å². The first-order valence-corrected chi connectivity index (χ1v) is 13.5. The average molecular weight is 572 g/mol. The molecule has 0 saturated heterocycles. The van der Waals surface area contributed by atoms with Crippen molar-refractivity contribution in [3.8, 4) is 0 Å². The summed E-state index contributed by atoms with van der Waals surface area (Å²) in [6.45, 7) is 4.66. The van der Waals surface area contributed by atoms with Crippen LogP contribution in [0, 0.1) is 5.92 Å². The second kappa shape index (κ2) is 20.3. The van der Waals surface area contributed by atoms with E-state index in [-0.39, 0.29) is 43.6 Å². The largest absolute Gasteiger partial charge is 0.480 e. The minimum atomic E-state index is -1.23. The lowest BCUT2D eigenvalue weighted by Crippen LogP contribution is -2.57. The highest BCUT2D eigenvalue weighted by Gasteiger charge is 2.30. The van der Waals surface area contributed by atoms with E-state index in [0.717, 1.165) is 0 Å². The zero-order chi connectivity index (χ0) is 30.7. The van der Waals surface area contributed by atoms with Gasteiger partial charge in [0.15, 0.2) is 11.9 Å². The average Bonchev–Trinajstić information content (AvgIpc) is 2.86. The molecule has 0 saturated carbocycles. The van der Waals surface area contributed by atoms with E-state index in [2.05, 4.69) is 25.9 Å². The molecule has 40 heavy (non-hydrogen) atoms. The quantitative estimate of drug-likeness (QED) is 0.0379. The molecule has 16 heteroatoms. The van der Waals surface area contributed by atoms with Gasteiger partial charge < -0.3 is 55.5 Å². The van der Waals surface area contributed by atoms with Crippen molar-refractivity contribution in [1.29, 1.82) is 0 Å². The monoisotopic (exact) mass is 571 g/mol. The number of carbonyl (C=O) groups is 4. The van der Waals surface area contributed by atoms with Crippen molar-refractivity contribution in [3.05, 3.63) is 0 Å². The maximum absolute atomic E-state index is 13.2. The van der Waals surface area contributed by atoms with E-state index in [4.69, 9.17) is 34.4 Å². The first-order valence-electron chi connectivity index (χ1n) is 13.5. The molecular formula is C24H49N11O5. The van der Waals surface area contributed by atoms with E-state index in [1.807, 2.05) is 13.8 Å². The van der Waals surface area contributed by atoms with Crippen molar-refractivity contribution in [1.82, 2.24) is 16.0 Å². The summed E-state index contributed by atoms with van der Waals surface area (Å²) in [5, 5.41) is 17.4. The van der Waals surface area contributed by atoms with Gasteiger partial charge in [0.25, 0.3) is 0 Å². The molecule has 3 amide bonds. The van der Waals surface area contributed by atoms with Crippen LogP contribution in [0.3, 0.4) is 0 Å². The summed E-state index contributed by atoms with van der Waals surface area (Å²) in [7, 11) is 0. The third-order valence-electron chi connectivity index (χ3n) is 5.78. The van der Waals surface area contributed by atoms with Crippen LogP contribution in [-0.4, -0.2) is 84.5 Å². The van der Waals surface area contributed by atoms with Crippen LogP contribution in [0.4, 0.5) is 0 Å². The van der Waals surface area contributed by atoms with Crippen LogP contribution in [0.2, 0.25) is 0 Å². The molecular weight excluding hydrogens is 522 g/mol. The highest BCUT2D eigenvalue weighted by atomic mass is 16.4. The van der Waals surface area contributed by atoms with Gasteiger partial charge in [-0.15, -0.1) is 0 Å². The molecule has 0 bridgehead atoms. The van der Waals surface area contributed by atoms with Gasteiger partial charge in [-0.05, 0) is 63.8 Å². The number of guanidine groups is 2. The van der Waals surface area contributed by atoms with Crippen LogP contribution in [0.5, 0.6) is 0 Å². The van der Waals surface area contributed by atoms with E-state index in [1.165, 1.54) is 0 Å². The van der Waals surface area contributed by atoms with Crippen LogP contribution >= 0.6 is 0 Å². The summed E-state index contributed by atoms with van der Waals surface area (Å²) in [5.41, 5.74) is 32.7. The number of nitrogens with two attached hydrogens (primary N) is 6. The maximum atomic E-state index is 13.2. The molecule has 0 aromatic rings. The minimum absolute atomic E-state index is 0.0280. The standard InChI is InChI=1S/C24H49N11O5/c1-14(2)13-18(35-19(36)15(26)7-5-11-31-23(27)28)21(38)33-16(8-3-4-10-25)20(37)34-17(22(39)40)9-6-12-32-24(29)30/h14-18H,3-13,25-26H2,1-2H3,(H,33,38)(H,34,37)(H,35,36)(H,39,40)(H4,27,28,31)(H4,29,30,32). The van der Waals surface area contributed by atoms with E-state index in [0.29, 0.717) is 45.2 Å². The Morgan fingerprint density at radius 2 is 1.18 bits per heavy atom. The number of nitrogens with one attached hydrogen (secondary N) is 3. The molecule has 0 fully saturated rings. The molecule has 230 valence electrons. The van der Waals surface area contributed by atoms with Gasteiger partial charge in [-0.3, -0.25) is 24.4 Å². The zero-order valence-electron chi connectivity index (χ0n) is 23.6. The fourth-order valence-corrected chi connectivity index (χ4v) is 3.70. The lowest BCUT2D eigenvalue weighted by Gasteiger charge is -2.26. The van der Waals surface area contributed by atoms with Crippen LogP contribution in [0.25, 0.3) is 0 Å². The molecule has 0 aromatic heterocycles. The van der Waals surface area contributed by atoms with Crippen LogP contribution < -0.4 is 50.4 Å². The maximum Gasteiger partial charge on any atom is 0.326 e. The Hall–Kier alpha value is -3.66. The molecule has 0 aromatic carbocycles. The molecule has 0 aliphatic rings. The number of carboxylic acid groups (broad SMARTS) is 1. The second-order valence-electron chi connectivity index (χ2n) is 9.94. The predicted octanol–water partition coefficient (Wildman–Crippen LogP) is -2.87. The highest BCUT2D eigenvalue weighted by molar-refractivity contribution is 5.94. The molecule has 0 rings (SSSR count). The summed E-state index contributed by atoms with van der Waals surface area (Å²) >= 11 is 0. The van der Waals surface area contributed by atoms with Gasteiger partial charge in [0.2, 0.25) is 17.7 Å². The number of carbonyl (C=O) groups excluding carboxylic acids is 3. The van der Waals surface area contributed by atoms with Gasteiger partial charge >= 0.3 is 5.97 Å². The number of amides is 3. The van der Waals surface area contributed by atoms with Crippen LogP contribution in [0.1, 0.15) is 65.2 Å². The van der Waals surface area contributed by atoms with Gasteiger partial charge in [0.05, 0.1) is 6.04 Å². The smallest absolute Gasteiger partial charge is 0.326 e. The van der Waals surface area contributed by atoms with Gasteiger partial charge in [-0.25, -0.2) is 4.79 Å². The second-order valence-corrected chi connectivity index (χ2v) is 9.94. The number of carboxylic acids is 1. The summed E-state index contributed by atoms with van der Waals surface area (Å²) in [4.78, 5) is 58.4. The molecule has 0 heterocycles. The lowest BCUT2D eigenvalue weighted by atomic mass is 10.0. The van der Waals surface area contributed by atoms with Crippen LogP contribution in [0.15, 0.2) is 9.98 Å². The van der Waals surface area contributed by atoms with Crippen molar-refractivity contribution < 1.29 is 24.3 Å². The van der Waals surface area contributed by atoms with Crippen molar-refractivity contribution in [3.63, 3.8) is 0 Å². The molecule has 16 N–H and O–H groups in total. The van der Waals surface area contributed by atoms with E-state index >= 15 is 0 Å². The fraction of sp³-hybridized carbons (Fsp3) is 0.750. The van der Waals surface area contributed by atoms with Crippen molar-refractivity contribution in [2.45, 2.75) is 89.4 Å². The fourth-order valence-electron chi connectivity index (χ4n) is 3.70. The number of nitrogens with zero attached hydrogens (tertiary/aromatic N) is 2. The van der Waals surface area contributed by atoms with Gasteiger partial charge in [-0.2, -0.15) is 0 Å². The third kappa shape index (κ3) is 17.0. The van der Waals surface area contributed by atoms with E-state index in [9.17, 15) is 24.3 Å². The van der Waals surface area contributed by atoms with Gasteiger partial charge in [0.1, 0.15) is 18.1 Å². The number of hydrogen-bond donors (Lipinski definition) is 10. The zero-order valence-corrected chi connectivity index (χ0v) is 23.6. The number of aliphatic carboxylic acids is 1. The molecule has 0 aliphatic heterocycles. The summed E-state index contributed by atoms with van der Waals surface area (Å²) in [6.07, 6.45) is 2.78. The number of rotatable bonds is 21. The molecule has 0 radical (unpaired) electrons. The highest BCUT2D eigenvalue weighted by Crippen LogP contribution is 2.09. The van der Waals surface area contributed by atoms with Crippen molar-refractivity contribution >= 4 is 35.6 Å². The molecule has 16 nitrogen and oxygen atoms in total. The Morgan fingerprint density at radius 1 is 0.700 bits per heavy atom. The molecule has 4 unspecified atom stereocenters. The molecule has 0 aliphatic carbocycles. The van der Waals surface area contributed by atoms with Gasteiger partial charge in [0, 0.05) is 13.1 Å². The summed E-state index contributed by atoms with van der Waals surface area (Å²) in [5.74, 6) is -3.15. The molecule has 0 spiro atoms. The number of unbranched alkanes of at least 4 members (excludes halogenated alkanes) is 1.